The van der Waals surface area contributed by atoms with E-state index in [2.05, 4.69) is 15.5 Å². The highest BCUT2D eigenvalue weighted by atomic mass is 35.5. The molecule has 2 heterocycles. The van der Waals surface area contributed by atoms with Crippen LogP contribution >= 0.6 is 34.7 Å². The monoisotopic (exact) mass is 541 g/mol. The molecule has 36 heavy (non-hydrogen) atoms. The third-order valence-corrected chi connectivity index (χ3v) is 7.62. The average molecular weight is 542 g/mol. The zero-order chi connectivity index (χ0) is 25.7. The number of nitrogens with zero attached hydrogens (tertiary/aromatic N) is 3. The predicted octanol–water partition coefficient (Wildman–Crippen LogP) is 5.91. The standard InChI is InChI=1S/C25H24ClN5O3S2/c1-3-34-23(33)20-18(16-9-5-4-6-10-16)14-35-22(20)28-21(32)15(2)31-24(27)29-30-25(31)36-13-17-11-7-8-12-19(17)26/h4-12,14-15H,3,13H2,1-2H3,(H2,27,29)(H,28,32). The highest BCUT2D eigenvalue weighted by molar-refractivity contribution is 7.98. The summed E-state index contributed by atoms with van der Waals surface area (Å²) in [5, 5.41) is 14.4. The Hall–Kier alpha value is -3.34. The zero-order valence-electron chi connectivity index (χ0n) is 19.6. The molecule has 8 nitrogen and oxygen atoms in total. The SMILES string of the molecule is CCOC(=O)c1c(-c2ccccc2)csc1NC(=O)C(C)n1c(N)nnc1SCc1ccccc1Cl. The van der Waals surface area contributed by atoms with Crippen LogP contribution in [0.1, 0.15) is 35.8 Å². The fraction of sp³-hybridized carbons (Fsp3) is 0.200. The Balaban J connectivity index is 1.57. The molecule has 1 amide bonds. The van der Waals surface area contributed by atoms with Crippen molar-refractivity contribution in [2.75, 3.05) is 17.7 Å². The fourth-order valence-corrected chi connectivity index (χ4v) is 5.80. The molecular weight excluding hydrogens is 518 g/mol. The Morgan fingerprint density at radius 1 is 1.17 bits per heavy atom. The second kappa shape index (κ2) is 11.6. The van der Waals surface area contributed by atoms with Crippen molar-refractivity contribution < 1.29 is 14.3 Å². The number of ether oxygens (including phenoxy) is 1. The van der Waals surface area contributed by atoms with Gasteiger partial charge in [-0.1, -0.05) is 71.9 Å². The van der Waals surface area contributed by atoms with E-state index in [-0.39, 0.29) is 18.5 Å². The van der Waals surface area contributed by atoms with Gasteiger partial charge in [-0.05, 0) is 31.0 Å². The number of hydrogen-bond donors (Lipinski definition) is 2. The van der Waals surface area contributed by atoms with E-state index >= 15 is 0 Å². The molecule has 0 aliphatic rings. The van der Waals surface area contributed by atoms with Crippen LogP contribution in [0.15, 0.2) is 65.1 Å². The lowest BCUT2D eigenvalue weighted by molar-refractivity contribution is -0.118. The summed E-state index contributed by atoms with van der Waals surface area (Å²) in [6, 6.07) is 16.2. The van der Waals surface area contributed by atoms with Crippen molar-refractivity contribution in [2.45, 2.75) is 30.8 Å². The summed E-state index contributed by atoms with van der Waals surface area (Å²) >= 11 is 8.90. The molecule has 0 bridgehead atoms. The highest BCUT2D eigenvalue weighted by Gasteiger charge is 2.27. The van der Waals surface area contributed by atoms with Gasteiger partial charge in [-0.25, -0.2) is 4.79 Å². The summed E-state index contributed by atoms with van der Waals surface area (Å²) in [5.74, 6) is -0.223. The topological polar surface area (TPSA) is 112 Å². The number of thioether (sulfide) groups is 1. The third-order valence-electron chi connectivity index (χ3n) is 5.36. The van der Waals surface area contributed by atoms with Gasteiger partial charge in [0.15, 0.2) is 5.16 Å². The Labute approximate surface area is 221 Å². The number of esters is 1. The first-order valence-electron chi connectivity index (χ1n) is 11.1. The number of anilines is 2. The van der Waals surface area contributed by atoms with Crippen LogP contribution in [-0.4, -0.2) is 33.2 Å². The first-order valence-corrected chi connectivity index (χ1v) is 13.4. The summed E-state index contributed by atoms with van der Waals surface area (Å²) in [4.78, 5) is 26.1. The third kappa shape index (κ3) is 5.56. The van der Waals surface area contributed by atoms with Gasteiger partial charge in [0.05, 0.1) is 6.61 Å². The first-order chi connectivity index (χ1) is 17.4. The quantitative estimate of drug-likeness (QED) is 0.200. The molecule has 4 rings (SSSR count). The van der Waals surface area contributed by atoms with Crippen molar-refractivity contribution in [1.82, 2.24) is 14.8 Å². The summed E-state index contributed by atoms with van der Waals surface area (Å²) in [5.41, 5.74) is 8.87. The number of thiophene rings is 1. The van der Waals surface area contributed by atoms with Crippen LogP contribution in [0.2, 0.25) is 5.02 Å². The molecule has 0 saturated carbocycles. The lowest BCUT2D eigenvalue weighted by Gasteiger charge is -2.17. The predicted molar refractivity (Wildman–Crippen MR) is 144 cm³/mol. The lowest BCUT2D eigenvalue weighted by atomic mass is 10.0. The number of nitrogens with two attached hydrogens (primary N) is 1. The molecule has 0 radical (unpaired) electrons. The molecule has 1 atom stereocenters. The van der Waals surface area contributed by atoms with Crippen molar-refractivity contribution >= 4 is 57.5 Å². The van der Waals surface area contributed by atoms with E-state index in [4.69, 9.17) is 22.1 Å². The summed E-state index contributed by atoms with van der Waals surface area (Å²) in [7, 11) is 0. The zero-order valence-corrected chi connectivity index (χ0v) is 22.0. The minimum absolute atomic E-state index is 0.112. The number of hydrogen-bond acceptors (Lipinski definition) is 8. The van der Waals surface area contributed by atoms with E-state index in [9.17, 15) is 9.59 Å². The first kappa shape index (κ1) is 25.7. The Kier molecular flexibility index (Phi) is 8.29. The number of carbonyl (C=O) groups excluding carboxylic acids is 2. The molecule has 186 valence electrons. The van der Waals surface area contributed by atoms with Crippen LogP contribution in [0.25, 0.3) is 11.1 Å². The van der Waals surface area contributed by atoms with E-state index in [1.165, 1.54) is 23.1 Å². The van der Waals surface area contributed by atoms with Crippen LogP contribution in [0, 0.1) is 0 Å². The lowest BCUT2D eigenvalue weighted by Crippen LogP contribution is -2.25. The molecule has 2 aromatic carbocycles. The molecule has 0 aliphatic heterocycles. The summed E-state index contributed by atoms with van der Waals surface area (Å²) in [6.07, 6.45) is 0. The van der Waals surface area contributed by atoms with E-state index in [1.54, 1.807) is 18.4 Å². The summed E-state index contributed by atoms with van der Waals surface area (Å²) < 4.78 is 6.84. The molecule has 0 fully saturated rings. The van der Waals surface area contributed by atoms with Gasteiger partial charge in [0, 0.05) is 21.7 Å². The van der Waals surface area contributed by atoms with Crippen molar-refractivity contribution in [2.24, 2.45) is 0 Å². The van der Waals surface area contributed by atoms with Gasteiger partial charge in [-0.15, -0.1) is 21.5 Å². The number of amides is 1. The Morgan fingerprint density at radius 3 is 2.61 bits per heavy atom. The number of halogens is 1. The maximum atomic E-state index is 13.3. The van der Waals surface area contributed by atoms with Crippen LogP contribution in [0.5, 0.6) is 0 Å². The van der Waals surface area contributed by atoms with Gasteiger partial charge >= 0.3 is 5.97 Å². The Bertz CT molecular complexity index is 1370. The molecule has 0 spiro atoms. The molecular formula is C25H24ClN5O3S2. The van der Waals surface area contributed by atoms with Crippen LogP contribution in [0.3, 0.4) is 0 Å². The van der Waals surface area contributed by atoms with Gasteiger partial charge < -0.3 is 15.8 Å². The van der Waals surface area contributed by atoms with Crippen LogP contribution in [0.4, 0.5) is 10.9 Å². The van der Waals surface area contributed by atoms with E-state index < -0.39 is 12.0 Å². The number of aromatic nitrogens is 3. The number of carbonyl (C=O) groups is 2. The smallest absolute Gasteiger partial charge is 0.341 e. The summed E-state index contributed by atoms with van der Waals surface area (Å²) in [6.45, 7) is 3.66. The molecule has 4 aromatic rings. The highest BCUT2D eigenvalue weighted by Crippen LogP contribution is 2.37. The number of benzene rings is 2. The van der Waals surface area contributed by atoms with Gasteiger partial charge in [0.1, 0.15) is 16.6 Å². The maximum absolute atomic E-state index is 13.3. The van der Waals surface area contributed by atoms with E-state index in [1.807, 2.05) is 60.0 Å². The maximum Gasteiger partial charge on any atom is 0.341 e. The molecule has 11 heteroatoms. The Morgan fingerprint density at radius 2 is 1.89 bits per heavy atom. The number of nitrogen functional groups attached to an aromatic ring is 1. The molecule has 0 saturated heterocycles. The molecule has 2 aromatic heterocycles. The fourth-order valence-electron chi connectivity index (χ4n) is 3.53. The van der Waals surface area contributed by atoms with Gasteiger partial charge in [-0.3, -0.25) is 9.36 Å². The van der Waals surface area contributed by atoms with Gasteiger partial charge in [0.25, 0.3) is 0 Å². The second-order valence-electron chi connectivity index (χ2n) is 7.70. The molecule has 1 unspecified atom stereocenters. The number of nitrogens with one attached hydrogen (secondary N) is 1. The van der Waals surface area contributed by atoms with E-state index in [0.29, 0.717) is 32.1 Å². The number of rotatable bonds is 9. The van der Waals surface area contributed by atoms with Crippen molar-refractivity contribution in [3.8, 4) is 11.1 Å². The van der Waals surface area contributed by atoms with Gasteiger partial charge in [0.2, 0.25) is 11.9 Å². The molecule has 3 N–H and O–H groups in total. The van der Waals surface area contributed by atoms with Crippen molar-refractivity contribution in [3.63, 3.8) is 0 Å². The average Bonchev–Trinajstić information content (AvgIpc) is 3.47. The molecule has 0 aliphatic carbocycles. The normalized spacial score (nSPS) is 11.8. The van der Waals surface area contributed by atoms with Crippen molar-refractivity contribution in [3.05, 3.63) is 76.1 Å². The minimum Gasteiger partial charge on any atom is -0.462 e. The largest absolute Gasteiger partial charge is 0.462 e. The van der Waals surface area contributed by atoms with Crippen LogP contribution < -0.4 is 11.1 Å². The van der Waals surface area contributed by atoms with E-state index in [0.717, 1.165) is 11.1 Å². The second-order valence-corrected chi connectivity index (χ2v) is 9.93. The van der Waals surface area contributed by atoms with Crippen LogP contribution in [-0.2, 0) is 15.3 Å². The van der Waals surface area contributed by atoms with Crippen molar-refractivity contribution in [1.29, 1.82) is 0 Å². The minimum atomic E-state index is -0.744. The van der Waals surface area contributed by atoms with Gasteiger partial charge in [-0.2, -0.15) is 0 Å².